The first-order valence-corrected chi connectivity index (χ1v) is 11.8. The largest absolute Gasteiger partial charge is 0.321 e. The molecule has 0 spiro atoms. The Morgan fingerprint density at radius 3 is 2.48 bits per heavy atom. The number of amides is 1. The van der Waals surface area contributed by atoms with Crippen LogP contribution in [0.5, 0.6) is 0 Å². The second-order valence-corrected chi connectivity index (χ2v) is 9.17. The lowest BCUT2D eigenvalue weighted by atomic mass is 10.1. The third kappa shape index (κ3) is 5.60. The Kier molecular flexibility index (Phi) is 7.08. The number of nitrogens with one attached hydrogen (secondary N) is 2. The molecule has 0 atom stereocenters. The molecule has 1 aliphatic rings. The van der Waals surface area contributed by atoms with Crippen LogP contribution in [-0.4, -0.2) is 43.9 Å². The van der Waals surface area contributed by atoms with E-state index in [0.29, 0.717) is 12.2 Å². The van der Waals surface area contributed by atoms with E-state index in [1.165, 1.54) is 44.3 Å². The van der Waals surface area contributed by atoms with Gasteiger partial charge in [0.2, 0.25) is 0 Å². The maximum atomic E-state index is 12.8. The number of hydrogen-bond acceptors (Lipinski definition) is 4. The second-order valence-electron chi connectivity index (χ2n) is 9.17. The number of nitrogens with zero attached hydrogens (tertiary/aromatic N) is 4. The van der Waals surface area contributed by atoms with Crippen LogP contribution in [0.15, 0.2) is 42.5 Å². The monoisotopic (exact) mass is 446 g/mol. The van der Waals surface area contributed by atoms with E-state index in [9.17, 15) is 4.79 Å². The fourth-order valence-electron chi connectivity index (χ4n) is 4.49. The predicted octanol–water partition coefficient (Wildman–Crippen LogP) is 5.09. The van der Waals surface area contributed by atoms with E-state index in [2.05, 4.69) is 44.2 Å². The summed E-state index contributed by atoms with van der Waals surface area (Å²) in [6.07, 6.45) is 5.25. The Morgan fingerprint density at radius 1 is 1.12 bits per heavy atom. The van der Waals surface area contributed by atoms with Crippen molar-refractivity contribution < 1.29 is 4.79 Å². The highest BCUT2D eigenvalue weighted by atomic mass is 16.1. The van der Waals surface area contributed by atoms with Gasteiger partial charge in [0.1, 0.15) is 5.69 Å². The molecule has 1 amide bonds. The summed E-state index contributed by atoms with van der Waals surface area (Å²) in [7, 11) is 0. The Hall–Kier alpha value is -3.19. The van der Waals surface area contributed by atoms with Gasteiger partial charge in [0.25, 0.3) is 5.91 Å². The molecule has 174 valence electrons. The van der Waals surface area contributed by atoms with Crippen LogP contribution in [-0.2, 0) is 13.1 Å². The SMILES string of the molecule is C=C(C)Cn1nc(C)c(-c2cc(C(=O)Nc3ccc(CN4CCCCCC4)cc3)[nH]n2)c1C. The second kappa shape index (κ2) is 10.2. The number of hydrogen-bond donors (Lipinski definition) is 2. The molecule has 0 saturated carbocycles. The van der Waals surface area contributed by atoms with Crippen molar-refractivity contribution in [3.8, 4) is 11.3 Å². The minimum atomic E-state index is -0.210. The number of aromatic nitrogens is 4. The first-order chi connectivity index (χ1) is 15.9. The number of anilines is 1. The number of carbonyl (C=O) groups excluding carboxylic acids is 1. The van der Waals surface area contributed by atoms with Crippen LogP contribution in [0.1, 0.15) is 60.0 Å². The lowest BCUT2D eigenvalue weighted by Crippen LogP contribution is -2.23. The van der Waals surface area contributed by atoms with Crippen molar-refractivity contribution in [1.82, 2.24) is 24.9 Å². The van der Waals surface area contributed by atoms with E-state index < -0.39 is 0 Å². The highest BCUT2D eigenvalue weighted by Crippen LogP contribution is 2.26. The van der Waals surface area contributed by atoms with Gasteiger partial charge in [-0.05, 0) is 70.5 Å². The summed E-state index contributed by atoms with van der Waals surface area (Å²) >= 11 is 0. The maximum Gasteiger partial charge on any atom is 0.273 e. The van der Waals surface area contributed by atoms with Gasteiger partial charge < -0.3 is 5.32 Å². The van der Waals surface area contributed by atoms with Gasteiger partial charge in [-0.2, -0.15) is 10.2 Å². The molecule has 3 heterocycles. The molecule has 2 N–H and O–H groups in total. The highest BCUT2D eigenvalue weighted by Gasteiger charge is 2.18. The number of benzene rings is 1. The van der Waals surface area contributed by atoms with E-state index in [-0.39, 0.29) is 5.91 Å². The van der Waals surface area contributed by atoms with Gasteiger partial charge in [-0.3, -0.25) is 19.5 Å². The fourth-order valence-corrected chi connectivity index (χ4v) is 4.49. The molecule has 0 bridgehead atoms. The first kappa shape index (κ1) is 23.0. The minimum absolute atomic E-state index is 0.210. The molecule has 0 radical (unpaired) electrons. The highest BCUT2D eigenvalue weighted by molar-refractivity contribution is 6.03. The molecule has 7 nitrogen and oxygen atoms in total. The number of allylic oxidation sites excluding steroid dienone is 1. The van der Waals surface area contributed by atoms with Crippen molar-refractivity contribution in [3.63, 3.8) is 0 Å². The van der Waals surface area contributed by atoms with E-state index in [1.807, 2.05) is 37.6 Å². The van der Waals surface area contributed by atoms with Crippen molar-refractivity contribution in [2.24, 2.45) is 0 Å². The van der Waals surface area contributed by atoms with Crippen molar-refractivity contribution in [2.75, 3.05) is 18.4 Å². The van der Waals surface area contributed by atoms with Crippen LogP contribution in [0.3, 0.4) is 0 Å². The molecule has 1 saturated heterocycles. The van der Waals surface area contributed by atoms with Crippen LogP contribution in [0.2, 0.25) is 0 Å². The van der Waals surface area contributed by atoms with E-state index in [0.717, 1.165) is 40.5 Å². The summed E-state index contributed by atoms with van der Waals surface area (Å²) in [5.41, 5.74) is 7.06. The molecule has 7 heteroatoms. The van der Waals surface area contributed by atoms with E-state index in [1.54, 1.807) is 6.07 Å². The average Bonchev–Trinajstić information content (AvgIpc) is 3.25. The predicted molar refractivity (Wildman–Crippen MR) is 132 cm³/mol. The summed E-state index contributed by atoms with van der Waals surface area (Å²) in [6.45, 7) is 13.9. The molecule has 0 aliphatic carbocycles. The molecule has 33 heavy (non-hydrogen) atoms. The zero-order valence-corrected chi connectivity index (χ0v) is 19.9. The van der Waals surface area contributed by atoms with Gasteiger partial charge in [-0.25, -0.2) is 0 Å². The Bertz CT molecular complexity index is 1120. The Labute approximate surface area is 195 Å². The standard InChI is InChI=1S/C26H34N6O/c1-18(2)16-32-20(4)25(19(3)30-32)23-15-24(29-28-23)26(33)27-22-11-9-21(10-12-22)17-31-13-7-5-6-8-14-31/h9-12,15H,1,5-8,13-14,16-17H2,2-4H3,(H,27,33)(H,28,29). The average molecular weight is 447 g/mol. The van der Waals surface area contributed by atoms with Crippen LogP contribution in [0.25, 0.3) is 11.3 Å². The summed E-state index contributed by atoms with van der Waals surface area (Å²) in [5.74, 6) is -0.210. The van der Waals surface area contributed by atoms with Crippen LogP contribution >= 0.6 is 0 Å². The van der Waals surface area contributed by atoms with Crippen LogP contribution < -0.4 is 5.32 Å². The van der Waals surface area contributed by atoms with E-state index in [4.69, 9.17) is 0 Å². The zero-order chi connectivity index (χ0) is 23.4. The number of rotatable bonds is 7. The van der Waals surface area contributed by atoms with Crippen molar-refractivity contribution >= 4 is 11.6 Å². The molecular formula is C26H34N6O. The molecular weight excluding hydrogens is 412 g/mol. The van der Waals surface area contributed by atoms with Gasteiger partial charge >= 0.3 is 0 Å². The summed E-state index contributed by atoms with van der Waals surface area (Å²) in [5, 5.41) is 14.8. The molecule has 2 aromatic heterocycles. The lowest BCUT2D eigenvalue weighted by molar-refractivity contribution is 0.102. The van der Waals surface area contributed by atoms with Crippen LogP contribution in [0, 0.1) is 13.8 Å². The lowest BCUT2D eigenvalue weighted by Gasteiger charge is -2.19. The number of aryl methyl sites for hydroxylation is 1. The quantitative estimate of drug-likeness (QED) is 0.495. The molecule has 4 rings (SSSR count). The molecule has 1 aliphatic heterocycles. The summed E-state index contributed by atoms with van der Waals surface area (Å²) in [4.78, 5) is 15.3. The molecule has 1 aromatic carbocycles. The number of H-pyrrole nitrogens is 1. The van der Waals surface area contributed by atoms with E-state index >= 15 is 0 Å². The van der Waals surface area contributed by atoms with Gasteiger partial charge in [0.15, 0.2) is 0 Å². The van der Waals surface area contributed by atoms with Gasteiger partial charge in [-0.1, -0.05) is 37.1 Å². The van der Waals surface area contributed by atoms with Crippen molar-refractivity contribution in [1.29, 1.82) is 0 Å². The molecule has 3 aromatic rings. The Morgan fingerprint density at radius 2 is 1.82 bits per heavy atom. The van der Waals surface area contributed by atoms with Crippen molar-refractivity contribution in [3.05, 3.63) is 65.1 Å². The van der Waals surface area contributed by atoms with Gasteiger partial charge in [0, 0.05) is 23.5 Å². The molecule has 1 fully saturated rings. The van der Waals surface area contributed by atoms with Gasteiger partial charge in [-0.15, -0.1) is 0 Å². The summed E-state index contributed by atoms with van der Waals surface area (Å²) < 4.78 is 1.93. The number of carbonyl (C=O) groups is 1. The third-order valence-corrected chi connectivity index (χ3v) is 6.20. The molecule has 0 unspecified atom stereocenters. The first-order valence-electron chi connectivity index (χ1n) is 11.8. The smallest absolute Gasteiger partial charge is 0.273 e. The topological polar surface area (TPSA) is 78.8 Å². The van der Waals surface area contributed by atoms with Crippen LogP contribution in [0.4, 0.5) is 5.69 Å². The van der Waals surface area contributed by atoms with Crippen molar-refractivity contribution in [2.45, 2.75) is 59.5 Å². The number of likely N-dealkylation sites (tertiary alicyclic amines) is 1. The Balaban J connectivity index is 1.41. The normalized spacial score (nSPS) is 14.8. The number of aromatic amines is 1. The van der Waals surface area contributed by atoms with Gasteiger partial charge in [0.05, 0.1) is 17.9 Å². The zero-order valence-electron chi connectivity index (χ0n) is 19.9. The third-order valence-electron chi connectivity index (χ3n) is 6.20. The fraction of sp³-hybridized carbons (Fsp3) is 0.423. The maximum absolute atomic E-state index is 12.8. The summed E-state index contributed by atoms with van der Waals surface area (Å²) in [6, 6.07) is 9.92. The minimum Gasteiger partial charge on any atom is -0.321 e.